The number of methoxy groups -OCH3 is 1. The van der Waals surface area contributed by atoms with Crippen LogP contribution in [0.25, 0.3) is 0 Å². The first-order valence-corrected chi connectivity index (χ1v) is 10.8. The number of rotatable bonds is 9. The fraction of sp³-hybridized carbons (Fsp3) is 0.458. The van der Waals surface area contributed by atoms with Crippen LogP contribution >= 0.6 is 0 Å². The number of alkyl halides is 2. The number of hydrogen-bond acceptors (Lipinski definition) is 6. The third-order valence-electron chi connectivity index (χ3n) is 5.25. The summed E-state index contributed by atoms with van der Waals surface area (Å²) in [4.78, 5) is 16.5. The maximum atomic E-state index is 12.6. The molecule has 33 heavy (non-hydrogen) atoms. The molecule has 0 aliphatic carbocycles. The molecule has 0 bridgehead atoms. The van der Waals surface area contributed by atoms with E-state index in [1.165, 1.54) is 13.2 Å². The van der Waals surface area contributed by atoms with Crippen molar-refractivity contribution in [2.75, 3.05) is 44.0 Å². The molecule has 3 rings (SSSR count). The van der Waals surface area contributed by atoms with Gasteiger partial charge in [0.05, 0.1) is 25.9 Å². The topological polar surface area (TPSA) is 63.3 Å². The molecule has 1 aliphatic rings. The zero-order valence-electron chi connectivity index (χ0n) is 19.4. The van der Waals surface area contributed by atoms with Gasteiger partial charge in [-0.1, -0.05) is 6.07 Å². The van der Waals surface area contributed by atoms with E-state index in [9.17, 15) is 13.6 Å². The van der Waals surface area contributed by atoms with Gasteiger partial charge in [-0.3, -0.25) is 9.69 Å². The van der Waals surface area contributed by atoms with Gasteiger partial charge in [0.1, 0.15) is 0 Å². The molecule has 1 heterocycles. The minimum Gasteiger partial charge on any atom is -0.493 e. The molecule has 1 fully saturated rings. The number of carbonyl (C=O) groups is 1. The first kappa shape index (κ1) is 24.7. The van der Waals surface area contributed by atoms with E-state index in [-0.39, 0.29) is 36.2 Å². The number of nitrogens with zero attached hydrogens (tertiary/aromatic N) is 2. The van der Waals surface area contributed by atoms with Gasteiger partial charge in [-0.2, -0.15) is 8.78 Å². The SMILES string of the molecule is COc1ccc(CN(C)CC(=O)Nc2ccc(N3CC(C)OC(C)C3)cc2)cc1OC(F)F. The summed E-state index contributed by atoms with van der Waals surface area (Å²) in [6.45, 7) is 3.35. The van der Waals surface area contributed by atoms with Gasteiger partial charge in [-0.25, -0.2) is 0 Å². The molecule has 1 N–H and O–H groups in total. The molecule has 2 aromatic carbocycles. The predicted octanol–water partition coefficient (Wildman–Crippen LogP) is 3.98. The van der Waals surface area contributed by atoms with Gasteiger partial charge in [-0.15, -0.1) is 0 Å². The molecule has 1 amide bonds. The van der Waals surface area contributed by atoms with E-state index in [0.29, 0.717) is 12.2 Å². The van der Waals surface area contributed by atoms with Gasteiger partial charge >= 0.3 is 6.61 Å². The first-order chi connectivity index (χ1) is 15.7. The molecule has 0 saturated carbocycles. The van der Waals surface area contributed by atoms with Crippen molar-refractivity contribution < 1.29 is 27.8 Å². The molecule has 1 saturated heterocycles. The van der Waals surface area contributed by atoms with Gasteiger partial charge in [0.15, 0.2) is 11.5 Å². The second-order valence-electron chi connectivity index (χ2n) is 8.29. The highest BCUT2D eigenvalue weighted by atomic mass is 19.3. The molecule has 0 radical (unpaired) electrons. The molecule has 0 spiro atoms. The van der Waals surface area contributed by atoms with Crippen molar-refractivity contribution >= 4 is 17.3 Å². The number of ether oxygens (including phenoxy) is 3. The number of morpholine rings is 1. The maximum Gasteiger partial charge on any atom is 0.387 e. The van der Waals surface area contributed by atoms with Crippen LogP contribution in [0.15, 0.2) is 42.5 Å². The number of benzene rings is 2. The minimum absolute atomic E-state index is 0.0352. The van der Waals surface area contributed by atoms with Crippen LogP contribution in [0, 0.1) is 0 Å². The zero-order valence-corrected chi connectivity index (χ0v) is 19.4. The van der Waals surface area contributed by atoms with Crippen molar-refractivity contribution in [1.82, 2.24) is 4.90 Å². The standard InChI is InChI=1S/C24H31F2N3O4/c1-16-12-29(13-17(2)32-16)20-8-6-19(7-9-20)27-23(30)15-28(3)14-18-5-10-21(31-4)22(11-18)33-24(25)26/h5-11,16-17,24H,12-15H2,1-4H3,(H,27,30). The fourth-order valence-corrected chi connectivity index (χ4v) is 3.97. The molecule has 180 valence electrons. The molecule has 7 nitrogen and oxygen atoms in total. The van der Waals surface area contributed by atoms with Gasteiger partial charge < -0.3 is 24.4 Å². The summed E-state index contributed by atoms with van der Waals surface area (Å²) in [6.07, 6.45) is 0.347. The largest absolute Gasteiger partial charge is 0.493 e. The Kier molecular flexibility index (Phi) is 8.46. The lowest BCUT2D eigenvalue weighted by Crippen LogP contribution is -2.45. The second kappa shape index (κ2) is 11.3. The van der Waals surface area contributed by atoms with Crippen molar-refractivity contribution in [2.45, 2.75) is 39.2 Å². The first-order valence-electron chi connectivity index (χ1n) is 10.8. The van der Waals surface area contributed by atoms with E-state index in [1.54, 1.807) is 24.1 Å². The lowest BCUT2D eigenvalue weighted by Gasteiger charge is -2.36. The lowest BCUT2D eigenvalue weighted by molar-refractivity contribution is -0.117. The molecule has 2 aromatic rings. The average Bonchev–Trinajstić information content (AvgIpc) is 2.73. The Balaban J connectivity index is 1.53. The summed E-state index contributed by atoms with van der Waals surface area (Å²) < 4.78 is 40.6. The van der Waals surface area contributed by atoms with E-state index in [0.717, 1.165) is 24.3 Å². The number of amides is 1. The monoisotopic (exact) mass is 463 g/mol. The normalized spacial score (nSPS) is 18.5. The summed E-state index contributed by atoms with van der Waals surface area (Å²) in [7, 11) is 3.17. The molecule has 2 unspecified atom stereocenters. The summed E-state index contributed by atoms with van der Waals surface area (Å²) in [5.74, 6) is 0.0207. The van der Waals surface area contributed by atoms with Gasteiger partial charge in [0.25, 0.3) is 0 Å². The van der Waals surface area contributed by atoms with Crippen LogP contribution in [0.1, 0.15) is 19.4 Å². The molecular weight excluding hydrogens is 432 g/mol. The third kappa shape index (κ3) is 7.30. The van der Waals surface area contributed by atoms with Gasteiger partial charge in [-0.05, 0) is 62.9 Å². The van der Waals surface area contributed by atoms with E-state index in [4.69, 9.17) is 9.47 Å². The summed E-state index contributed by atoms with van der Waals surface area (Å²) in [6, 6.07) is 12.6. The van der Waals surface area contributed by atoms with Crippen LogP contribution in [0.4, 0.5) is 20.2 Å². The van der Waals surface area contributed by atoms with Crippen molar-refractivity contribution in [1.29, 1.82) is 0 Å². The zero-order chi connectivity index (χ0) is 24.0. The van der Waals surface area contributed by atoms with E-state index < -0.39 is 6.61 Å². The van der Waals surface area contributed by atoms with Crippen molar-refractivity contribution in [3.63, 3.8) is 0 Å². The number of hydrogen-bond donors (Lipinski definition) is 1. The maximum absolute atomic E-state index is 12.6. The highest BCUT2D eigenvalue weighted by Gasteiger charge is 2.22. The Morgan fingerprint density at radius 1 is 1.15 bits per heavy atom. The highest BCUT2D eigenvalue weighted by Crippen LogP contribution is 2.30. The quantitative estimate of drug-likeness (QED) is 0.607. The van der Waals surface area contributed by atoms with Crippen LogP contribution in [-0.2, 0) is 16.1 Å². The minimum atomic E-state index is -2.95. The highest BCUT2D eigenvalue weighted by molar-refractivity contribution is 5.92. The van der Waals surface area contributed by atoms with E-state index >= 15 is 0 Å². The number of carbonyl (C=O) groups excluding carboxylic acids is 1. The molecule has 0 aromatic heterocycles. The van der Waals surface area contributed by atoms with Crippen molar-refractivity contribution in [2.24, 2.45) is 0 Å². The van der Waals surface area contributed by atoms with Gasteiger partial charge in [0, 0.05) is 31.0 Å². The van der Waals surface area contributed by atoms with Crippen LogP contribution in [0.2, 0.25) is 0 Å². The Hall–Kier alpha value is -2.91. The number of anilines is 2. The average molecular weight is 464 g/mol. The number of nitrogens with one attached hydrogen (secondary N) is 1. The summed E-state index contributed by atoms with van der Waals surface area (Å²) in [5, 5.41) is 2.89. The Morgan fingerprint density at radius 2 is 1.82 bits per heavy atom. The smallest absolute Gasteiger partial charge is 0.387 e. The van der Waals surface area contributed by atoms with Gasteiger partial charge in [0.2, 0.25) is 5.91 Å². The van der Waals surface area contributed by atoms with Crippen LogP contribution < -0.4 is 19.7 Å². The van der Waals surface area contributed by atoms with E-state index in [2.05, 4.69) is 28.8 Å². The third-order valence-corrected chi connectivity index (χ3v) is 5.25. The molecular formula is C24H31F2N3O4. The summed E-state index contributed by atoms with van der Waals surface area (Å²) in [5.41, 5.74) is 2.53. The Bertz CT molecular complexity index is 916. The molecule has 1 aliphatic heterocycles. The van der Waals surface area contributed by atoms with Crippen LogP contribution in [0.3, 0.4) is 0 Å². The van der Waals surface area contributed by atoms with E-state index in [1.807, 2.05) is 24.3 Å². The Labute approximate surface area is 193 Å². The Morgan fingerprint density at radius 3 is 2.42 bits per heavy atom. The fourth-order valence-electron chi connectivity index (χ4n) is 3.97. The van der Waals surface area contributed by atoms with Crippen molar-refractivity contribution in [3.8, 4) is 11.5 Å². The number of likely N-dealkylation sites (N-methyl/N-ethyl adjacent to an activating group) is 1. The second-order valence-corrected chi connectivity index (χ2v) is 8.29. The predicted molar refractivity (Wildman–Crippen MR) is 123 cm³/mol. The number of halogens is 2. The molecule has 2 atom stereocenters. The van der Waals surface area contributed by atoms with Crippen LogP contribution in [0.5, 0.6) is 11.5 Å². The summed E-state index contributed by atoms with van der Waals surface area (Å²) >= 11 is 0. The van der Waals surface area contributed by atoms with Crippen molar-refractivity contribution in [3.05, 3.63) is 48.0 Å². The molecule has 9 heteroatoms. The van der Waals surface area contributed by atoms with Crippen LogP contribution in [-0.4, -0.2) is 63.4 Å². The lowest BCUT2D eigenvalue weighted by atomic mass is 10.2.